The lowest BCUT2D eigenvalue weighted by molar-refractivity contribution is -0.122. The maximum atomic E-state index is 13.5. The van der Waals surface area contributed by atoms with Crippen molar-refractivity contribution >= 4 is 17.5 Å². The van der Waals surface area contributed by atoms with E-state index in [4.69, 9.17) is 16.2 Å². The molecule has 2 atom stereocenters. The first kappa shape index (κ1) is 36.2. The van der Waals surface area contributed by atoms with E-state index in [1.54, 1.807) is 12.1 Å². The zero-order valence-electron chi connectivity index (χ0n) is 25.7. The average Bonchev–Trinajstić information content (AvgIpc) is 2.89. The molecule has 0 aromatic heterocycles. The first-order chi connectivity index (χ1) is 18.5. The zero-order valence-corrected chi connectivity index (χ0v) is 25.7. The number of hydrogen-bond acceptors (Lipinski definition) is 6. The fraction of sp³-hybridized carbons (Fsp3) is 0.613. The smallest absolute Gasteiger partial charge is 0.255 e. The molecule has 8 heteroatoms. The number of hydrogen-bond donors (Lipinski definition) is 5. The van der Waals surface area contributed by atoms with E-state index in [-0.39, 0.29) is 23.8 Å². The number of rotatable bonds is 17. The quantitative estimate of drug-likeness (QED) is 0.159. The van der Waals surface area contributed by atoms with E-state index in [1.165, 1.54) is 0 Å². The molecule has 1 aromatic carbocycles. The van der Waals surface area contributed by atoms with Gasteiger partial charge >= 0.3 is 0 Å². The highest BCUT2D eigenvalue weighted by atomic mass is 16.5. The Hall–Kier alpha value is -2.84. The van der Waals surface area contributed by atoms with Crippen LogP contribution in [-0.4, -0.2) is 37.0 Å². The van der Waals surface area contributed by atoms with Gasteiger partial charge < -0.3 is 32.2 Å². The van der Waals surface area contributed by atoms with Crippen LogP contribution in [0.2, 0.25) is 0 Å². The summed E-state index contributed by atoms with van der Waals surface area (Å²) in [6.07, 6.45) is 5.82. The van der Waals surface area contributed by atoms with Crippen LogP contribution >= 0.6 is 0 Å². The Morgan fingerprint density at radius 1 is 1.05 bits per heavy atom. The molecule has 0 saturated carbocycles. The van der Waals surface area contributed by atoms with Crippen molar-refractivity contribution in [2.75, 3.05) is 18.5 Å². The van der Waals surface area contributed by atoms with E-state index in [9.17, 15) is 9.59 Å². The molecule has 0 fully saturated rings. The second-order valence-electron chi connectivity index (χ2n) is 10.4. The van der Waals surface area contributed by atoms with Crippen molar-refractivity contribution < 1.29 is 14.3 Å². The number of benzene rings is 1. The molecule has 7 N–H and O–H groups in total. The highest BCUT2D eigenvalue weighted by molar-refractivity contribution is 6.00. The van der Waals surface area contributed by atoms with Crippen LogP contribution in [0.1, 0.15) is 97.9 Å². The molecule has 1 aromatic rings. The van der Waals surface area contributed by atoms with Crippen molar-refractivity contribution in [2.24, 2.45) is 23.3 Å². The van der Waals surface area contributed by atoms with E-state index in [1.807, 2.05) is 53.7 Å². The van der Waals surface area contributed by atoms with Crippen molar-refractivity contribution in [3.05, 3.63) is 47.8 Å². The SMILES string of the molecule is C=C(Nc1ccc(OCCCCCN)c(C(=O)NC(CC(C)C)C(=O)N/C(C)=C/C)c1)C(N)CC(C)C.CC. The molecule has 0 spiro atoms. The minimum Gasteiger partial charge on any atom is -0.493 e. The molecular weight excluding hydrogens is 490 g/mol. The van der Waals surface area contributed by atoms with Crippen LogP contribution in [0.3, 0.4) is 0 Å². The Kier molecular flexibility index (Phi) is 18.7. The maximum Gasteiger partial charge on any atom is 0.255 e. The van der Waals surface area contributed by atoms with Crippen molar-refractivity contribution in [1.82, 2.24) is 10.6 Å². The Morgan fingerprint density at radius 3 is 2.26 bits per heavy atom. The summed E-state index contributed by atoms with van der Waals surface area (Å²) in [5.41, 5.74) is 14.3. The predicted octanol–water partition coefficient (Wildman–Crippen LogP) is 5.70. The largest absolute Gasteiger partial charge is 0.493 e. The number of carbonyl (C=O) groups is 2. The lowest BCUT2D eigenvalue weighted by atomic mass is 10.0. The monoisotopic (exact) mass is 545 g/mol. The predicted molar refractivity (Wildman–Crippen MR) is 165 cm³/mol. The van der Waals surface area contributed by atoms with Crippen LogP contribution in [0.5, 0.6) is 5.75 Å². The lowest BCUT2D eigenvalue weighted by Gasteiger charge is -2.22. The van der Waals surface area contributed by atoms with E-state index in [2.05, 4.69) is 36.4 Å². The van der Waals surface area contributed by atoms with E-state index >= 15 is 0 Å². The molecule has 0 aliphatic heterocycles. The molecule has 39 heavy (non-hydrogen) atoms. The molecule has 0 aliphatic rings. The summed E-state index contributed by atoms with van der Waals surface area (Å²) in [4.78, 5) is 26.4. The molecule has 2 amide bonds. The summed E-state index contributed by atoms with van der Waals surface area (Å²) in [5.74, 6) is 0.473. The van der Waals surface area contributed by atoms with Gasteiger partial charge in [-0.05, 0) is 82.5 Å². The third-order valence-corrected chi connectivity index (χ3v) is 5.89. The van der Waals surface area contributed by atoms with Gasteiger partial charge in [0, 0.05) is 23.1 Å². The fourth-order valence-electron chi connectivity index (χ4n) is 3.74. The second kappa shape index (κ2) is 20.1. The van der Waals surface area contributed by atoms with Crippen LogP contribution in [0.25, 0.3) is 0 Å². The van der Waals surface area contributed by atoms with Crippen LogP contribution in [0.4, 0.5) is 5.69 Å². The van der Waals surface area contributed by atoms with Gasteiger partial charge in [-0.15, -0.1) is 0 Å². The van der Waals surface area contributed by atoms with E-state index in [0.717, 1.165) is 31.4 Å². The number of anilines is 1. The zero-order chi connectivity index (χ0) is 30.0. The van der Waals surface area contributed by atoms with Gasteiger partial charge in [-0.1, -0.05) is 54.2 Å². The first-order valence-electron chi connectivity index (χ1n) is 14.4. The average molecular weight is 546 g/mol. The van der Waals surface area contributed by atoms with Crippen LogP contribution in [-0.2, 0) is 4.79 Å². The van der Waals surface area contributed by atoms with E-state index in [0.29, 0.717) is 48.2 Å². The summed E-state index contributed by atoms with van der Waals surface area (Å²) >= 11 is 0. The summed E-state index contributed by atoms with van der Waals surface area (Å²) in [7, 11) is 0. The van der Waals surface area contributed by atoms with Crippen LogP contribution in [0.15, 0.2) is 42.2 Å². The molecular formula is C31H55N5O3. The first-order valence-corrected chi connectivity index (χ1v) is 14.4. The van der Waals surface area contributed by atoms with Crippen molar-refractivity contribution in [1.29, 1.82) is 0 Å². The number of nitrogens with two attached hydrogens (primary N) is 2. The Morgan fingerprint density at radius 2 is 1.69 bits per heavy atom. The fourth-order valence-corrected chi connectivity index (χ4v) is 3.74. The summed E-state index contributed by atoms with van der Waals surface area (Å²) in [5, 5.41) is 9.02. The summed E-state index contributed by atoms with van der Waals surface area (Å²) < 4.78 is 5.98. The third-order valence-electron chi connectivity index (χ3n) is 5.89. The number of carbonyl (C=O) groups excluding carboxylic acids is 2. The molecule has 0 aliphatic carbocycles. The van der Waals surface area contributed by atoms with Gasteiger partial charge in [-0.2, -0.15) is 0 Å². The molecule has 222 valence electrons. The molecule has 2 unspecified atom stereocenters. The number of unbranched alkanes of at least 4 members (excludes halogenated alkanes) is 2. The van der Waals surface area contributed by atoms with Gasteiger partial charge in [0.25, 0.3) is 5.91 Å². The summed E-state index contributed by atoms with van der Waals surface area (Å²) in [6, 6.07) is 4.42. The van der Waals surface area contributed by atoms with Crippen molar-refractivity contribution in [3.8, 4) is 5.75 Å². The maximum absolute atomic E-state index is 13.5. The Labute approximate surface area is 237 Å². The van der Waals surface area contributed by atoms with Gasteiger partial charge in [0.1, 0.15) is 11.8 Å². The normalized spacial score (nSPS) is 12.8. The standard InChI is InChI=1S/C29H49N5O3.C2H6/c1-8-21(6)32-29(36)26(17-20(4)5)34-28(35)24-18-23(33-22(7)25(31)16-19(2)3)12-13-27(24)37-15-11-9-10-14-30;1-2/h8,12-13,18-20,25-26,33H,7,9-11,14-17,30-31H2,1-6H3,(H,32,36)(H,34,35);1-2H3/b21-8+;. The lowest BCUT2D eigenvalue weighted by Crippen LogP contribution is -2.47. The number of allylic oxidation sites excluding steroid dienone is 2. The van der Waals surface area contributed by atoms with Crippen LogP contribution in [0, 0.1) is 11.8 Å². The minimum atomic E-state index is -0.689. The topological polar surface area (TPSA) is 132 Å². The van der Waals surface area contributed by atoms with Crippen molar-refractivity contribution in [3.63, 3.8) is 0 Å². The molecule has 0 heterocycles. The number of nitrogens with one attached hydrogen (secondary N) is 3. The highest BCUT2D eigenvalue weighted by Gasteiger charge is 2.25. The van der Waals surface area contributed by atoms with Gasteiger partial charge in [-0.3, -0.25) is 9.59 Å². The molecule has 1 rings (SSSR count). The Bertz CT molecular complexity index is 911. The molecule has 0 bridgehead atoms. The van der Waals surface area contributed by atoms with Gasteiger partial charge in [-0.25, -0.2) is 0 Å². The third kappa shape index (κ3) is 14.8. The second-order valence-corrected chi connectivity index (χ2v) is 10.4. The molecule has 0 radical (unpaired) electrons. The molecule has 8 nitrogen and oxygen atoms in total. The van der Waals surface area contributed by atoms with Gasteiger partial charge in [0.2, 0.25) is 5.91 Å². The summed E-state index contributed by atoms with van der Waals surface area (Å²) in [6.45, 7) is 21.1. The highest BCUT2D eigenvalue weighted by Crippen LogP contribution is 2.25. The minimum absolute atomic E-state index is 0.207. The van der Waals surface area contributed by atoms with E-state index < -0.39 is 6.04 Å². The van der Waals surface area contributed by atoms with Gasteiger partial charge in [0.15, 0.2) is 0 Å². The molecule has 0 saturated heterocycles. The van der Waals surface area contributed by atoms with Gasteiger partial charge in [0.05, 0.1) is 12.2 Å². The van der Waals surface area contributed by atoms with Crippen molar-refractivity contribution in [2.45, 2.75) is 99.6 Å². The number of ether oxygens (including phenoxy) is 1. The Balaban J connectivity index is 0.00000704. The van der Waals surface area contributed by atoms with Crippen LogP contribution < -0.4 is 32.2 Å². The number of amides is 2.